The van der Waals surface area contributed by atoms with Crippen LogP contribution in [-0.2, 0) is 34.0 Å². The van der Waals surface area contributed by atoms with Gasteiger partial charge in [0, 0.05) is 20.2 Å². The van der Waals surface area contributed by atoms with Gasteiger partial charge in [0.25, 0.3) is 0 Å². The molecule has 0 aliphatic carbocycles. The van der Waals surface area contributed by atoms with Crippen LogP contribution in [0.4, 0.5) is 0 Å². The number of ether oxygens (including phenoxy) is 2. The van der Waals surface area contributed by atoms with Crippen molar-refractivity contribution in [3.05, 3.63) is 71.3 Å². The van der Waals surface area contributed by atoms with Crippen molar-refractivity contribution in [2.75, 3.05) is 13.7 Å². The fraction of sp³-hybridized carbons (Fsp3) is 0.350. The van der Waals surface area contributed by atoms with Crippen LogP contribution in [0.5, 0.6) is 0 Å². The molecule has 1 amide bonds. The van der Waals surface area contributed by atoms with Crippen LogP contribution in [0.15, 0.2) is 54.6 Å². The lowest BCUT2D eigenvalue weighted by Crippen LogP contribution is -2.32. The molecule has 0 saturated carbocycles. The number of nitrogens with one attached hydrogen (secondary N) is 1. The van der Waals surface area contributed by atoms with Gasteiger partial charge in [-0.15, -0.1) is 12.4 Å². The Balaban J connectivity index is 0.00000338. The average Bonchev–Trinajstić information content (AvgIpc) is 2.66. The predicted octanol–water partition coefficient (Wildman–Crippen LogP) is 2.81. The molecule has 2 rings (SSSR count). The maximum Gasteiger partial charge on any atom is 0.222 e. The lowest BCUT2D eigenvalue weighted by Gasteiger charge is -2.14. The molecule has 2 aromatic carbocycles. The number of hydrogen-bond acceptors (Lipinski definition) is 4. The Labute approximate surface area is 161 Å². The van der Waals surface area contributed by atoms with Crippen molar-refractivity contribution in [3.63, 3.8) is 0 Å². The second-order valence-corrected chi connectivity index (χ2v) is 5.82. The van der Waals surface area contributed by atoms with E-state index in [0.29, 0.717) is 26.3 Å². The van der Waals surface area contributed by atoms with Gasteiger partial charge < -0.3 is 20.5 Å². The van der Waals surface area contributed by atoms with Crippen LogP contribution >= 0.6 is 12.4 Å². The number of rotatable bonds is 10. The summed E-state index contributed by atoms with van der Waals surface area (Å²) in [6, 6.07) is 18.0. The highest BCUT2D eigenvalue weighted by Crippen LogP contribution is 2.12. The van der Waals surface area contributed by atoms with Crippen molar-refractivity contribution in [2.24, 2.45) is 5.73 Å². The van der Waals surface area contributed by atoms with Crippen LogP contribution in [0.1, 0.15) is 23.1 Å². The smallest absolute Gasteiger partial charge is 0.222 e. The number of carbonyl (C=O) groups excluding carboxylic acids is 1. The first-order chi connectivity index (χ1) is 12.2. The Morgan fingerprint density at radius 1 is 1.04 bits per heavy atom. The van der Waals surface area contributed by atoms with Gasteiger partial charge in [0.2, 0.25) is 5.91 Å². The molecule has 0 bridgehead atoms. The van der Waals surface area contributed by atoms with Gasteiger partial charge in [0.15, 0.2) is 0 Å². The minimum absolute atomic E-state index is 0. The van der Waals surface area contributed by atoms with Crippen molar-refractivity contribution in [1.82, 2.24) is 5.32 Å². The van der Waals surface area contributed by atoms with E-state index < -0.39 is 0 Å². The number of benzene rings is 2. The second-order valence-electron chi connectivity index (χ2n) is 5.82. The van der Waals surface area contributed by atoms with E-state index in [9.17, 15) is 4.79 Å². The molecule has 26 heavy (non-hydrogen) atoms. The Bertz CT molecular complexity index is 649. The van der Waals surface area contributed by atoms with Crippen molar-refractivity contribution < 1.29 is 14.3 Å². The topological polar surface area (TPSA) is 73.6 Å². The van der Waals surface area contributed by atoms with E-state index in [0.717, 1.165) is 16.7 Å². The SMILES string of the molecule is COC(CN)CC(=O)NCc1ccccc1COCc1ccccc1.Cl. The van der Waals surface area contributed by atoms with Gasteiger partial charge in [-0.2, -0.15) is 0 Å². The van der Waals surface area contributed by atoms with Crippen molar-refractivity contribution >= 4 is 18.3 Å². The molecule has 5 nitrogen and oxygen atoms in total. The summed E-state index contributed by atoms with van der Waals surface area (Å²) in [6.07, 6.45) is 0.0177. The zero-order chi connectivity index (χ0) is 17.9. The third kappa shape index (κ3) is 7.54. The minimum atomic E-state index is -0.246. The lowest BCUT2D eigenvalue weighted by molar-refractivity contribution is -0.123. The molecule has 0 spiro atoms. The summed E-state index contributed by atoms with van der Waals surface area (Å²) in [6.45, 7) is 1.86. The average molecular weight is 379 g/mol. The Hall–Kier alpha value is -1.92. The van der Waals surface area contributed by atoms with Crippen LogP contribution < -0.4 is 11.1 Å². The van der Waals surface area contributed by atoms with Gasteiger partial charge in [-0.1, -0.05) is 54.6 Å². The van der Waals surface area contributed by atoms with Gasteiger partial charge in [-0.05, 0) is 16.7 Å². The molecule has 0 saturated heterocycles. The third-order valence-electron chi connectivity index (χ3n) is 3.97. The Morgan fingerprint density at radius 3 is 2.35 bits per heavy atom. The predicted molar refractivity (Wildman–Crippen MR) is 105 cm³/mol. The van der Waals surface area contributed by atoms with Crippen molar-refractivity contribution in [3.8, 4) is 0 Å². The first-order valence-electron chi connectivity index (χ1n) is 8.41. The summed E-state index contributed by atoms with van der Waals surface area (Å²) in [7, 11) is 1.56. The molecule has 1 unspecified atom stereocenters. The van der Waals surface area contributed by atoms with Crippen molar-refractivity contribution in [1.29, 1.82) is 0 Å². The molecule has 0 aliphatic rings. The summed E-state index contributed by atoms with van der Waals surface area (Å²) in [5.74, 6) is -0.0719. The molecule has 1 atom stereocenters. The number of nitrogens with two attached hydrogens (primary N) is 1. The van der Waals surface area contributed by atoms with Crippen LogP contribution in [-0.4, -0.2) is 25.7 Å². The zero-order valence-electron chi connectivity index (χ0n) is 15.0. The van der Waals surface area contributed by atoms with Gasteiger partial charge >= 0.3 is 0 Å². The monoisotopic (exact) mass is 378 g/mol. The standard InChI is InChI=1S/C20H26N2O3.ClH/c1-24-19(12-21)11-20(23)22-13-17-9-5-6-10-18(17)15-25-14-16-7-3-2-4-8-16;/h2-10,19H,11-15,21H2,1H3,(H,22,23);1H. The highest BCUT2D eigenvalue weighted by atomic mass is 35.5. The van der Waals surface area contributed by atoms with Gasteiger partial charge in [-0.3, -0.25) is 4.79 Å². The summed E-state index contributed by atoms with van der Waals surface area (Å²) in [5.41, 5.74) is 8.80. The van der Waals surface area contributed by atoms with Gasteiger partial charge in [0.1, 0.15) is 0 Å². The molecular formula is C20H27ClN2O3. The van der Waals surface area contributed by atoms with Crippen molar-refractivity contribution in [2.45, 2.75) is 32.3 Å². The summed E-state index contributed by atoms with van der Waals surface area (Å²) in [4.78, 5) is 12.0. The highest BCUT2D eigenvalue weighted by molar-refractivity contribution is 5.85. The Kier molecular flexibility index (Phi) is 10.6. The number of hydrogen-bond donors (Lipinski definition) is 2. The maximum atomic E-state index is 12.0. The van der Waals surface area contributed by atoms with E-state index in [1.54, 1.807) is 7.11 Å². The normalized spacial score (nSPS) is 11.5. The molecule has 0 radical (unpaired) electrons. The number of amides is 1. The van der Waals surface area contributed by atoms with E-state index in [1.165, 1.54) is 0 Å². The molecule has 3 N–H and O–H groups in total. The number of methoxy groups -OCH3 is 1. The van der Waals surface area contributed by atoms with E-state index in [1.807, 2.05) is 54.6 Å². The quantitative estimate of drug-likeness (QED) is 0.666. The van der Waals surface area contributed by atoms with Gasteiger partial charge in [0.05, 0.1) is 25.7 Å². The molecule has 0 aromatic heterocycles. The van der Waals surface area contributed by atoms with Crippen LogP contribution in [0.25, 0.3) is 0 Å². The largest absolute Gasteiger partial charge is 0.380 e. The summed E-state index contributed by atoms with van der Waals surface area (Å²) in [5, 5.41) is 2.92. The highest BCUT2D eigenvalue weighted by Gasteiger charge is 2.11. The zero-order valence-corrected chi connectivity index (χ0v) is 15.8. The molecule has 0 heterocycles. The molecule has 2 aromatic rings. The minimum Gasteiger partial charge on any atom is -0.380 e. The molecular weight excluding hydrogens is 352 g/mol. The maximum absolute atomic E-state index is 12.0. The fourth-order valence-electron chi connectivity index (χ4n) is 2.46. The molecule has 0 fully saturated rings. The number of carbonyl (C=O) groups is 1. The second kappa shape index (κ2) is 12.4. The molecule has 6 heteroatoms. The van der Waals surface area contributed by atoms with Gasteiger partial charge in [-0.25, -0.2) is 0 Å². The fourth-order valence-corrected chi connectivity index (χ4v) is 2.46. The van der Waals surface area contributed by atoms with Crippen LogP contribution in [0.2, 0.25) is 0 Å². The lowest BCUT2D eigenvalue weighted by atomic mass is 10.1. The first-order valence-corrected chi connectivity index (χ1v) is 8.41. The number of halogens is 1. The summed E-state index contributed by atoms with van der Waals surface area (Å²) < 4.78 is 10.9. The summed E-state index contributed by atoms with van der Waals surface area (Å²) >= 11 is 0. The van der Waals surface area contributed by atoms with E-state index in [-0.39, 0.29) is 30.8 Å². The van der Waals surface area contributed by atoms with E-state index >= 15 is 0 Å². The third-order valence-corrected chi connectivity index (χ3v) is 3.97. The van der Waals surface area contributed by atoms with E-state index in [4.69, 9.17) is 15.2 Å². The van der Waals surface area contributed by atoms with Crippen LogP contribution in [0.3, 0.4) is 0 Å². The first kappa shape index (κ1) is 22.1. The Morgan fingerprint density at radius 2 is 1.69 bits per heavy atom. The molecule has 0 aliphatic heterocycles. The van der Waals surface area contributed by atoms with Crippen LogP contribution in [0, 0.1) is 0 Å². The molecule has 142 valence electrons. The van der Waals surface area contributed by atoms with E-state index in [2.05, 4.69) is 5.32 Å².